The number of nitrogens with two attached hydrogens (primary N) is 1. The topological polar surface area (TPSA) is 58.3 Å². The summed E-state index contributed by atoms with van der Waals surface area (Å²) >= 11 is 0. The Bertz CT molecular complexity index is 682. The molecule has 3 aliphatic heterocycles. The van der Waals surface area contributed by atoms with Gasteiger partial charge in [0.2, 0.25) is 5.95 Å². The van der Waals surface area contributed by atoms with Crippen LogP contribution >= 0.6 is 0 Å². The molecule has 5 nitrogen and oxygen atoms in total. The van der Waals surface area contributed by atoms with E-state index in [4.69, 9.17) is 5.73 Å². The molecule has 5 heteroatoms. The van der Waals surface area contributed by atoms with E-state index in [9.17, 15) is 0 Å². The summed E-state index contributed by atoms with van der Waals surface area (Å²) in [5.41, 5.74) is 8.20. The molecule has 5 rings (SSSR count). The Morgan fingerprint density at radius 2 is 1.92 bits per heavy atom. The van der Waals surface area contributed by atoms with E-state index in [-0.39, 0.29) is 0 Å². The molecule has 2 atom stereocenters. The molecule has 0 amide bonds. The molecule has 24 heavy (non-hydrogen) atoms. The number of nitrogens with zero attached hydrogens (tertiary/aromatic N) is 4. The number of hydrogen-bond acceptors (Lipinski definition) is 5. The number of fused-ring (bicyclic) bond motifs is 4. The van der Waals surface area contributed by atoms with E-state index >= 15 is 0 Å². The number of aromatic nitrogens is 2. The molecule has 2 bridgehead atoms. The molecule has 126 valence electrons. The van der Waals surface area contributed by atoms with Gasteiger partial charge >= 0.3 is 0 Å². The number of piperidine rings is 1. The molecular formula is C19H25N5. The maximum atomic E-state index is 5.86. The Morgan fingerprint density at radius 1 is 1.08 bits per heavy atom. The van der Waals surface area contributed by atoms with E-state index in [2.05, 4.69) is 56.2 Å². The molecule has 3 saturated heterocycles. The third-order valence-electron chi connectivity index (χ3n) is 5.24. The van der Waals surface area contributed by atoms with Gasteiger partial charge in [-0.1, -0.05) is 30.3 Å². The van der Waals surface area contributed by atoms with Crippen molar-refractivity contribution in [2.45, 2.75) is 32.4 Å². The predicted molar refractivity (Wildman–Crippen MR) is 96.8 cm³/mol. The average Bonchev–Trinajstić information content (AvgIpc) is 2.87. The SMILES string of the molecule is Cc1cc(N2C[C@H]3CC[C@@H](C2)N(Cc2ccccc2)C3)nc(N)n1. The predicted octanol–water partition coefficient (Wildman–Crippen LogP) is 2.47. The quantitative estimate of drug-likeness (QED) is 0.940. The van der Waals surface area contributed by atoms with E-state index in [0.29, 0.717) is 17.9 Å². The van der Waals surface area contributed by atoms with Crippen LogP contribution in [-0.2, 0) is 6.54 Å². The lowest BCUT2D eigenvalue weighted by molar-refractivity contribution is 0.126. The van der Waals surface area contributed by atoms with E-state index < -0.39 is 0 Å². The minimum absolute atomic E-state index is 0.378. The van der Waals surface area contributed by atoms with Crippen molar-refractivity contribution < 1.29 is 0 Å². The van der Waals surface area contributed by atoms with Crippen LogP contribution in [0.4, 0.5) is 11.8 Å². The first kappa shape index (κ1) is 15.4. The van der Waals surface area contributed by atoms with Crippen LogP contribution in [0.2, 0.25) is 0 Å². The molecule has 0 aliphatic carbocycles. The first-order valence-electron chi connectivity index (χ1n) is 8.81. The van der Waals surface area contributed by atoms with Gasteiger partial charge in [0.15, 0.2) is 0 Å². The van der Waals surface area contributed by atoms with E-state index in [1.807, 2.05) is 6.92 Å². The van der Waals surface area contributed by atoms with Crippen LogP contribution in [0.1, 0.15) is 24.1 Å². The largest absolute Gasteiger partial charge is 0.368 e. The Hall–Kier alpha value is -2.14. The van der Waals surface area contributed by atoms with Gasteiger partial charge in [-0.05, 0) is 31.2 Å². The summed E-state index contributed by atoms with van der Waals surface area (Å²) in [5.74, 6) is 2.06. The molecule has 3 aliphatic rings. The maximum absolute atomic E-state index is 5.86. The summed E-state index contributed by atoms with van der Waals surface area (Å²) in [7, 11) is 0. The first-order chi connectivity index (χ1) is 11.7. The molecule has 2 N–H and O–H groups in total. The third kappa shape index (κ3) is 3.22. The summed E-state index contributed by atoms with van der Waals surface area (Å²) in [6, 6.07) is 13.4. The standard InChI is InChI=1S/C19H25N5/c1-14-9-18(22-19(20)21-14)24-12-16-7-8-17(13-24)23(11-16)10-15-5-3-2-4-6-15/h2-6,9,16-17H,7-8,10-13H2,1H3,(H2,20,21,22)/t16-,17-/m0/s1. The zero-order valence-electron chi connectivity index (χ0n) is 14.2. The van der Waals surface area contributed by atoms with Crippen molar-refractivity contribution in [1.82, 2.24) is 14.9 Å². The van der Waals surface area contributed by atoms with Crippen LogP contribution in [0.3, 0.4) is 0 Å². The van der Waals surface area contributed by atoms with Gasteiger partial charge in [0, 0.05) is 44.0 Å². The molecule has 1 aromatic carbocycles. The molecule has 4 heterocycles. The van der Waals surface area contributed by atoms with E-state index in [0.717, 1.165) is 31.1 Å². The van der Waals surface area contributed by atoms with Crippen LogP contribution < -0.4 is 10.6 Å². The van der Waals surface area contributed by atoms with Crippen LogP contribution in [0.5, 0.6) is 0 Å². The molecule has 0 radical (unpaired) electrons. The molecule has 0 saturated carbocycles. The van der Waals surface area contributed by atoms with Crippen molar-refractivity contribution in [3.05, 3.63) is 47.7 Å². The van der Waals surface area contributed by atoms with Crippen molar-refractivity contribution in [3.63, 3.8) is 0 Å². The summed E-state index contributed by atoms with van der Waals surface area (Å²) in [6.07, 6.45) is 2.58. The van der Waals surface area contributed by atoms with Gasteiger partial charge in [-0.15, -0.1) is 0 Å². The monoisotopic (exact) mass is 323 g/mol. The third-order valence-corrected chi connectivity index (χ3v) is 5.24. The molecular weight excluding hydrogens is 298 g/mol. The van der Waals surface area contributed by atoms with Crippen molar-refractivity contribution in [2.24, 2.45) is 5.92 Å². The number of nitrogen functional groups attached to an aromatic ring is 1. The Kier molecular flexibility index (Phi) is 4.10. The Labute approximate surface area is 143 Å². The highest BCUT2D eigenvalue weighted by atomic mass is 15.3. The normalized spacial score (nSPS) is 24.1. The highest BCUT2D eigenvalue weighted by molar-refractivity contribution is 5.44. The second-order valence-electron chi connectivity index (χ2n) is 7.14. The van der Waals surface area contributed by atoms with Crippen molar-refractivity contribution in [1.29, 1.82) is 0 Å². The summed E-state index contributed by atoms with van der Waals surface area (Å²) < 4.78 is 0. The number of anilines is 2. The lowest BCUT2D eigenvalue weighted by atomic mass is 9.94. The smallest absolute Gasteiger partial charge is 0.222 e. The maximum Gasteiger partial charge on any atom is 0.222 e. The Morgan fingerprint density at radius 3 is 2.71 bits per heavy atom. The van der Waals surface area contributed by atoms with Crippen LogP contribution in [0.25, 0.3) is 0 Å². The van der Waals surface area contributed by atoms with Crippen molar-refractivity contribution in [3.8, 4) is 0 Å². The van der Waals surface area contributed by atoms with Gasteiger partial charge < -0.3 is 10.6 Å². The Balaban J connectivity index is 1.54. The van der Waals surface area contributed by atoms with Gasteiger partial charge in [-0.3, -0.25) is 4.90 Å². The fourth-order valence-electron chi connectivity index (χ4n) is 4.11. The lowest BCUT2D eigenvalue weighted by Crippen LogP contribution is -2.43. The first-order valence-corrected chi connectivity index (χ1v) is 8.81. The van der Waals surface area contributed by atoms with Crippen LogP contribution in [0.15, 0.2) is 36.4 Å². The molecule has 0 unspecified atom stereocenters. The van der Waals surface area contributed by atoms with Gasteiger partial charge in [-0.25, -0.2) is 4.98 Å². The lowest BCUT2D eigenvalue weighted by Gasteiger charge is -2.36. The summed E-state index contributed by atoms with van der Waals surface area (Å²) in [6.45, 7) is 6.29. The number of hydrogen-bond donors (Lipinski definition) is 1. The number of aryl methyl sites for hydroxylation is 1. The van der Waals surface area contributed by atoms with Crippen molar-refractivity contribution >= 4 is 11.8 Å². The second-order valence-corrected chi connectivity index (χ2v) is 7.14. The second kappa shape index (κ2) is 6.40. The zero-order valence-corrected chi connectivity index (χ0v) is 14.2. The van der Waals surface area contributed by atoms with Gasteiger partial charge in [-0.2, -0.15) is 4.98 Å². The zero-order chi connectivity index (χ0) is 16.5. The summed E-state index contributed by atoms with van der Waals surface area (Å²) in [5, 5.41) is 0. The van der Waals surface area contributed by atoms with E-state index in [1.165, 1.54) is 24.9 Å². The highest BCUT2D eigenvalue weighted by Gasteiger charge is 2.35. The van der Waals surface area contributed by atoms with E-state index in [1.54, 1.807) is 0 Å². The molecule has 1 aromatic heterocycles. The van der Waals surface area contributed by atoms with Crippen LogP contribution in [-0.4, -0.2) is 40.5 Å². The number of benzene rings is 1. The number of rotatable bonds is 3. The minimum atomic E-state index is 0.378. The molecule has 0 spiro atoms. The summed E-state index contributed by atoms with van der Waals surface area (Å²) in [4.78, 5) is 13.8. The average molecular weight is 323 g/mol. The van der Waals surface area contributed by atoms with Gasteiger partial charge in [0.05, 0.1) is 0 Å². The minimum Gasteiger partial charge on any atom is -0.368 e. The molecule has 3 fully saturated rings. The fourth-order valence-corrected chi connectivity index (χ4v) is 4.11. The van der Waals surface area contributed by atoms with Gasteiger partial charge in [0.1, 0.15) is 5.82 Å². The van der Waals surface area contributed by atoms with Crippen molar-refractivity contribution in [2.75, 3.05) is 30.3 Å². The molecule has 2 aromatic rings. The van der Waals surface area contributed by atoms with Gasteiger partial charge in [0.25, 0.3) is 0 Å². The highest BCUT2D eigenvalue weighted by Crippen LogP contribution is 2.31. The fraction of sp³-hybridized carbons (Fsp3) is 0.474. The van der Waals surface area contributed by atoms with Crippen LogP contribution in [0, 0.1) is 12.8 Å².